The fourth-order valence-electron chi connectivity index (χ4n) is 8.39. The van der Waals surface area contributed by atoms with Gasteiger partial charge in [-0.05, 0) is 83.5 Å². The first-order chi connectivity index (χ1) is 31.5. The van der Waals surface area contributed by atoms with Crippen molar-refractivity contribution in [1.82, 2.24) is 5.32 Å². The molecule has 0 radical (unpaired) electrons. The molecule has 6 heteroatoms. The SMILES string of the molecule is CCCCC/C=C\C/C=C\CCCCCCCCCC(CC(=O)NC(CO)C(O)CCCCCCCCCCCC)OC(=O)CCCCCCC/C=C/C=C/CCCCCCCCC. The van der Waals surface area contributed by atoms with Crippen molar-refractivity contribution in [3.8, 4) is 0 Å². The second kappa shape index (κ2) is 51.8. The van der Waals surface area contributed by atoms with Gasteiger partial charge in [-0.2, -0.15) is 0 Å². The van der Waals surface area contributed by atoms with E-state index >= 15 is 0 Å². The number of aliphatic hydroxyl groups excluding tert-OH is 2. The maximum atomic E-state index is 13.2. The number of nitrogens with one attached hydrogen (secondary N) is 1. The van der Waals surface area contributed by atoms with Crippen LogP contribution in [0.1, 0.15) is 284 Å². The lowest BCUT2D eigenvalue weighted by molar-refractivity contribution is -0.151. The van der Waals surface area contributed by atoms with E-state index in [4.69, 9.17) is 4.74 Å². The molecule has 3 unspecified atom stereocenters. The largest absolute Gasteiger partial charge is 0.462 e. The molecule has 0 rings (SSSR count). The number of amides is 1. The van der Waals surface area contributed by atoms with E-state index in [0.717, 1.165) is 83.5 Å². The summed E-state index contributed by atoms with van der Waals surface area (Å²) >= 11 is 0. The number of unbranched alkanes of at least 4 members (excludes halogenated alkanes) is 31. The van der Waals surface area contributed by atoms with E-state index < -0.39 is 18.2 Å². The smallest absolute Gasteiger partial charge is 0.306 e. The number of hydrogen-bond acceptors (Lipinski definition) is 5. The Labute approximate surface area is 397 Å². The zero-order valence-corrected chi connectivity index (χ0v) is 42.7. The molecule has 6 nitrogen and oxygen atoms in total. The lowest BCUT2D eigenvalue weighted by atomic mass is 10.0. The third-order valence-corrected chi connectivity index (χ3v) is 12.7. The summed E-state index contributed by atoms with van der Waals surface area (Å²) in [6.45, 7) is 6.45. The highest BCUT2D eigenvalue weighted by Crippen LogP contribution is 2.18. The van der Waals surface area contributed by atoms with E-state index in [1.807, 2.05) is 0 Å². The van der Waals surface area contributed by atoms with Gasteiger partial charge in [0.05, 0.1) is 25.2 Å². The van der Waals surface area contributed by atoms with Gasteiger partial charge in [-0.3, -0.25) is 9.59 Å². The number of hydrogen-bond donors (Lipinski definition) is 3. The topological polar surface area (TPSA) is 95.9 Å². The van der Waals surface area contributed by atoms with Crippen LogP contribution in [0.5, 0.6) is 0 Å². The summed E-state index contributed by atoms with van der Waals surface area (Å²) in [5.74, 6) is -0.491. The van der Waals surface area contributed by atoms with E-state index in [1.54, 1.807) is 0 Å². The second-order valence-corrected chi connectivity index (χ2v) is 19.0. The number of carbonyl (C=O) groups is 2. The van der Waals surface area contributed by atoms with Crippen LogP contribution in [0.4, 0.5) is 0 Å². The highest BCUT2D eigenvalue weighted by Gasteiger charge is 2.24. The third-order valence-electron chi connectivity index (χ3n) is 12.7. The molecule has 3 N–H and O–H groups in total. The monoisotopic (exact) mass is 898 g/mol. The van der Waals surface area contributed by atoms with Gasteiger partial charge < -0.3 is 20.3 Å². The van der Waals surface area contributed by atoms with Crippen molar-refractivity contribution in [1.29, 1.82) is 0 Å². The summed E-state index contributed by atoms with van der Waals surface area (Å²) < 4.78 is 5.95. The molecule has 0 fully saturated rings. The van der Waals surface area contributed by atoms with Crippen molar-refractivity contribution in [2.75, 3.05) is 6.61 Å². The second-order valence-electron chi connectivity index (χ2n) is 19.0. The molecular formula is C58H107NO5. The number of allylic oxidation sites excluding steroid dienone is 8. The Hall–Kier alpha value is -2.18. The van der Waals surface area contributed by atoms with E-state index in [-0.39, 0.29) is 24.9 Å². The Kier molecular flexibility index (Phi) is 50.0. The van der Waals surface area contributed by atoms with Crippen LogP contribution in [0.2, 0.25) is 0 Å². The predicted molar refractivity (Wildman–Crippen MR) is 278 cm³/mol. The van der Waals surface area contributed by atoms with Gasteiger partial charge in [0, 0.05) is 6.42 Å². The van der Waals surface area contributed by atoms with E-state index in [2.05, 4.69) is 74.7 Å². The number of aliphatic hydroxyl groups is 2. The van der Waals surface area contributed by atoms with Crippen LogP contribution in [0.15, 0.2) is 48.6 Å². The average Bonchev–Trinajstić information content (AvgIpc) is 3.29. The van der Waals surface area contributed by atoms with Crippen LogP contribution in [0.3, 0.4) is 0 Å². The molecule has 0 aliphatic carbocycles. The Bertz CT molecular complexity index is 1100. The molecule has 0 saturated heterocycles. The standard InChI is InChI=1S/C58H107NO5/c1-4-7-10-13-16-19-22-24-26-28-30-32-34-36-39-42-45-48-51-58(63)64-54(49-46-43-40-37-35-33-31-29-27-25-23-20-17-14-11-8-5-2)52-57(62)59-55(53-60)56(61)50-47-44-41-38-21-18-15-12-9-6-3/h17,20,25-28,30,32,54-56,60-61H,4-16,18-19,21-24,29,31,33-53H2,1-3H3,(H,59,62)/b20-17-,27-25-,28-26+,32-30+. The van der Waals surface area contributed by atoms with Gasteiger partial charge in [0.1, 0.15) is 6.10 Å². The van der Waals surface area contributed by atoms with Gasteiger partial charge in [-0.1, -0.05) is 236 Å². The van der Waals surface area contributed by atoms with Crippen molar-refractivity contribution in [3.63, 3.8) is 0 Å². The Morgan fingerprint density at radius 1 is 0.469 bits per heavy atom. The van der Waals surface area contributed by atoms with Crippen molar-refractivity contribution in [3.05, 3.63) is 48.6 Å². The molecule has 374 valence electrons. The molecule has 0 aromatic heterocycles. The summed E-state index contributed by atoms with van der Waals surface area (Å²) in [4.78, 5) is 26.2. The third kappa shape index (κ3) is 46.4. The maximum Gasteiger partial charge on any atom is 0.306 e. The van der Waals surface area contributed by atoms with Crippen LogP contribution in [-0.4, -0.2) is 46.9 Å². The van der Waals surface area contributed by atoms with E-state index in [0.29, 0.717) is 19.3 Å². The molecule has 0 aliphatic heterocycles. The lowest BCUT2D eigenvalue weighted by Gasteiger charge is -2.24. The molecule has 0 aliphatic rings. The van der Waals surface area contributed by atoms with Gasteiger partial charge in [0.25, 0.3) is 0 Å². The minimum absolute atomic E-state index is 0.0667. The molecule has 0 aromatic carbocycles. The van der Waals surface area contributed by atoms with Gasteiger partial charge in [-0.25, -0.2) is 0 Å². The van der Waals surface area contributed by atoms with Crippen LogP contribution in [0, 0.1) is 0 Å². The number of ether oxygens (including phenoxy) is 1. The first kappa shape index (κ1) is 61.8. The minimum Gasteiger partial charge on any atom is -0.462 e. The Balaban J connectivity index is 4.59. The predicted octanol–water partition coefficient (Wildman–Crippen LogP) is 17.0. The highest BCUT2D eigenvalue weighted by atomic mass is 16.5. The summed E-state index contributed by atoms with van der Waals surface area (Å²) in [6, 6.07) is -0.707. The van der Waals surface area contributed by atoms with Crippen molar-refractivity contribution < 1.29 is 24.5 Å². The van der Waals surface area contributed by atoms with Gasteiger partial charge in [-0.15, -0.1) is 0 Å². The lowest BCUT2D eigenvalue weighted by Crippen LogP contribution is -2.46. The minimum atomic E-state index is -0.792. The molecule has 3 atom stereocenters. The fraction of sp³-hybridized carbons (Fsp3) is 0.828. The summed E-state index contributed by atoms with van der Waals surface area (Å²) in [5, 5.41) is 23.8. The van der Waals surface area contributed by atoms with Crippen molar-refractivity contribution >= 4 is 11.9 Å². The molecule has 1 amide bonds. The number of carbonyl (C=O) groups excluding carboxylic acids is 2. The molecule has 0 aromatic rings. The van der Waals surface area contributed by atoms with Crippen molar-refractivity contribution in [2.45, 2.75) is 302 Å². The first-order valence-electron chi connectivity index (χ1n) is 27.9. The van der Waals surface area contributed by atoms with Gasteiger partial charge in [0.2, 0.25) is 5.91 Å². The van der Waals surface area contributed by atoms with Crippen LogP contribution in [0.25, 0.3) is 0 Å². The molecular weight excluding hydrogens is 791 g/mol. The fourth-order valence-corrected chi connectivity index (χ4v) is 8.39. The normalized spacial score (nSPS) is 13.5. The number of rotatable bonds is 50. The zero-order chi connectivity index (χ0) is 46.7. The molecule has 64 heavy (non-hydrogen) atoms. The van der Waals surface area contributed by atoms with E-state index in [9.17, 15) is 19.8 Å². The van der Waals surface area contributed by atoms with Gasteiger partial charge >= 0.3 is 5.97 Å². The van der Waals surface area contributed by atoms with Crippen molar-refractivity contribution in [2.24, 2.45) is 0 Å². The van der Waals surface area contributed by atoms with Crippen LogP contribution >= 0.6 is 0 Å². The quantitative estimate of drug-likeness (QED) is 0.0245. The highest BCUT2D eigenvalue weighted by molar-refractivity contribution is 5.77. The Morgan fingerprint density at radius 2 is 0.844 bits per heavy atom. The number of esters is 1. The molecule has 0 saturated carbocycles. The average molecular weight is 898 g/mol. The van der Waals surface area contributed by atoms with Gasteiger partial charge in [0.15, 0.2) is 0 Å². The Morgan fingerprint density at radius 3 is 1.31 bits per heavy atom. The van der Waals surface area contributed by atoms with Crippen LogP contribution in [-0.2, 0) is 14.3 Å². The summed E-state index contributed by atoms with van der Waals surface area (Å²) in [6.07, 6.45) is 63.1. The first-order valence-corrected chi connectivity index (χ1v) is 27.9. The van der Waals surface area contributed by atoms with E-state index in [1.165, 1.54) is 154 Å². The summed E-state index contributed by atoms with van der Waals surface area (Å²) in [5.41, 5.74) is 0. The molecule has 0 spiro atoms. The maximum absolute atomic E-state index is 13.2. The zero-order valence-electron chi connectivity index (χ0n) is 42.7. The van der Waals surface area contributed by atoms with Crippen LogP contribution < -0.4 is 5.32 Å². The summed E-state index contributed by atoms with van der Waals surface area (Å²) in [7, 11) is 0. The molecule has 0 bridgehead atoms. The molecule has 0 heterocycles.